The number of carboxylic acid groups (broad SMARTS) is 1. The van der Waals surface area contributed by atoms with Gasteiger partial charge in [0.05, 0.1) is 5.92 Å². The van der Waals surface area contributed by atoms with Crippen LogP contribution in [0.25, 0.3) is 0 Å². The summed E-state index contributed by atoms with van der Waals surface area (Å²) in [5, 5.41) is 9.32. The van der Waals surface area contributed by atoms with E-state index in [0.29, 0.717) is 17.9 Å². The molecule has 0 radical (unpaired) electrons. The number of carbonyl (C=O) groups is 1. The molecule has 2 bridgehead atoms. The topological polar surface area (TPSA) is 40.5 Å². The summed E-state index contributed by atoms with van der Waals surface area (Å²) in [5.74, 6) is 0.359. The lowest BCUT2D eigenvalue weighted by Crippen LogP contribution is -2.57. The van der Waals surface area contributed by atoms with Gasteiger partial charge in [-0.05, 0) is 44.2 Å². The molecule has 0 saturated carbocycles. The maximum absolute atomic E-state index is 11.3. The maximum Gasteiger partial charge on any atom is 0.308 e. The molecule has 3 heteroatoms. The normalized spacial score (nSPS) is 39.7. The van der Waals surface area contributed by atoms with Crippen molar-refractivity contribution in [2.24, 2.45) is 17.8 Å². The summed E-state index contributed by atoms with van der Waals surface area (Å²) in [6.45, 7) is 6.60. The summed E-state index contributed by atoms with van der Waals surface area (Å²) in [6, 6.07) is 0.301. The van der Waals surface area contributed by atoms with Crippen LogP contribution in [0, 0.1) is 17.8 Å². The number of carboxylic acids is 1. The van der Waals surface area contributed by atoms with E-state index in [1.165, 1.54) is 0 Å². The van der Waals surface area contributed by atoms with E-state index in [2.05, 4.69) is 18.7 Å². The fourth-order valence-corrected chi connectivity index (χ4v) is 3.30. The highest BCUT2D eigenvalue weighted by Gasteiger charge is 2.45. The van der Waals surface area contributed by atoms with Gasteiger partial charge in [-0.3, -0.25) is 9.69 Å². The van der Waals surface area contributed by atoms with Crippen LogP contribution in [0.5, 0.6) is 0 Å². The van der Waals surface area contributed by atoms with Crippen LogP contribution < -0.4 is 0 Å². The fourth-order valence-electron chi connectivity index (χ4n) is 3.30. The Hall–Kier alpha value is -0.570. The van der Waals surface area contributed by atoms with Gasteiger partial charge in [-0.25, -0.2) is 0 Å². The Labute approximate surface area is 91.5 Å². The number of nitrogens with zero attached hydrogens (tertiary/aromatic N) is 1. The molecule has 86 valence electrons. The van der Waals surface area contributed by atoms with Gasteiger partial charge in [-0.1, -0.05) is 13.8 Å². The number of aliphatic carboxylic acids is 1. The van der Waals surface area contributed by atoms with E-state index in [0.717, 1.165) is 32.4 Å². The van der Waals surface area contributed by atoms with Crippen LogP contribution in [-0.4, -0.2) is 35.1 Å². The van der Waals surface area contributed by atoms with Gasteiger partial charge in [-0.2, -0.15) is 0 Å². The fraction of sp³-hybridized carbons (Fsp3) is 0.917. The maximum atomic E-state index is 11.3. The summed E-state index contributed by atoms with van der Waals surface area (Å²) in [4.78, 5) is 13.7. The monoisotopic (exact) mass is 211 g/mol. The van der Waals surface area contributed by atoms with E-state index in [9.17, 15) is 9.90 Å². The zero-order valence-corrected chi connectivity index (χ0v) is 9.65. The third-order valence-corrected chi connectivity index (χ3v) is 3.96. The Kier molecular flexibility index (Phi) is 3.01. The van der Waals surface area contributed by atoms with Crippen molar-refractivity contribution in [3.63, 3.8) is 0 Å². The first-order valence-electron chi connectivity index (χ1n) is 6.06. The molecule has 3 aliphatic rings. The molecule has 15 heavy (non-hydrogen) atoms. The lowest BCUT2D eigenvalue weighted by atomic mass is 9.72. The van der Waals surface area contributed by atoms with Crippen molar-refractivity contribution in [2.75, 3.05) is 13.1 Å². The van der Waals surface area contributed by atoms with Crippen molar-refractivity contribution < 1.29 is 9.90 Å². The van der Waals surface area contributed by atoms with Crippen LogP contribution in [0.4, 0.5) is 0 Å². The van der Waals surface area contributed by atoms with Crippen molar-refractivity contribution in [3.8, 4) is 0 Å². The number of hydrogen-bond donors (Lipinski definition) is 1. The molecule has 0 amide bonds. The molecule has 0 aromatic carbocycles. The Morgan fingerprint density at radius 1 is 1.40 bits per heavy atom. The average Bonchev–Trinajstić information content (AvgIpc) is 2.17. The van der Waals surface area contributed by atoms with Crippen molar-refractivity contribution in [3.05, 3.63) is 0 Å². The first kappa shape index (κ1) is 10.9. The van der Waals surface area contributed by atoms with Gasteiger partial charge >= 0.3 is 5.97 Å². The number of rotatable bonds is 3. The Bertz CT molecular complexity index is 244. The van der Waals surface area contributed by atoms with Crippen LogP contribution in [0.3, 0.4) is 0 Å². The minimum Gasteiger partial charge on any atom is -0.481 e. The van der Waals surface area contributed by atoms with Gasteiger partial charge in [-0.15, -0.1) is 0 Å². The molecule has 3 heterocycles. The average molecular weight is 211 g/mol. The van der Waals surface area contributed by atoms with Gasteiger partial charge in [0.2, 0.25) is 0 Å². The molecule has 3 saturated heterocycles. The number of hydrogen-bond acceptors (Lipinski definition) is 2. The van der Waals surface area contributed by atoms with E-state index in [-0.39, 0.29) is 5.92 Å². The van der Waals surface area contributed by atoms with Gasteiger partial charge in [0.15, 0.2) is 0 Å². The van der Waals surface area contributed by atoms with Crippen LogP contribution in [-0.2, 0) is 4.79 Å². The molecule has 0 aromatic heterocycles. The first-order valence-corrected chi connectivity index (χ1v) is 6.06. The Balaban J connectivity index is 2.13. The molecule has 3 rings (SSSR count). The molecular weight excluding hydrogens is 190 g/mol. The van der Waals surface area contributed by atoms with Crippen LogP contribution in [0.15, 0.2) is 0 Å². The van der Waals surface area contributed by atoms with Gasteiger partial charge < -0.3 is 5.11 Å². The Morgan fingerprint density at radius 3 is 2.47 bits per heavy atom. The van der Waals surface area contributed by atoms with Crippen molar-refractivity contribution in [1.82, 2.24) is 4.90 Å². The minimum absolute atomic E-state index is 0.102. The molecule has 0 aliphatic carbocycles. The molecular formula is C12H21NO2. The summed E-state index contributed by atoms with van der Waals surface area (Å²) in [5.41, 5.74) is 0. The summed E-state index contributed by atoms with van der Waals surface area (Å²) in [6.07, 6.45) is 3.21. The van der Waals surface area contributed by atoms with Gasteiger partial charge in [0.1, 0.15) is 0 Å². The van der Waals surface area contributed by atoms with E-state index in [1.807, 2.05) is 0 Å². The number of fused-ring (bicyclic) bond motifs is 3. The van der Waals surface area contributed by atoms with E-state index in [1.54, 1.807) is 0 Å². The third kappa shape index (κ3) is 2.03. The predicted octanol–water partition coefficient (Wildman–Crippen LogP) is 1.83. The van der Waals surface area contributed by atoms with E-state index < -0.39 is 5.97 Å². The molecule has 3 nitrogen and oxygen atoms in total. The smallest absolute Gasteiger partial charge is 0.308 e. The van der Waals surface area contributed by atoms with Crippen LogP contribution >= 0.6 is 0 Å². The van der Waals surface area contributed by atoms with E-state index >= 15 is 0 Å². The lowest BCUT2D eigenvalue weighted by Gasteiger charge is -2.50. The standard InChI is InChI=1S/C12H21NO2/c1-8(2)7-10-11(12(14)15)9-3-5-13(10)6-4-9/h8-11H,3-7H2,1-2H3,(H,14,15). The van der Waals surface area contributed by atoms with Crippen molar-refractivity contribution in [1.29, 1.82) is 0 Å². The van der Waals surface area contributed by atoms with Gasteiger partial charge in [0.25, 0.3) is 0 Å². The predicted molar refractivity (Wildman–Crippen MR) is 58.7 cm³/mol. The molecule has 2 atom stereocenters. The molecule has 3 fully saturated rings. The highest BCUT2D eigenvalue weighted by Crippen LogP contribution is 2.39. The summed E-state index contributed by atoms with van der Waals surface area (Å²) >= 11 is 0. The molecule has 0 spiro atoms. The first-order chi connectivity index (χ1) is 7.09. The quantitative estimate of drug-likeness (QED) is 0.774. The molecule has 3 aliphatic heterocycles. The summed E-state index contributed by atoms with van der Waals surface area (Å²) in [7, 11) is 0. The third-order valence-electron chi connectivity index (χ3n) is 3.96. The highest BCUT2D eigenvalue weighted by atomic mass is 16.4. The Morgan fingerprint density at radius 2 is 2.00 bits per heavy atom. The minimum atomic E-state index is -0.574. The van der Waals surface area contributed by atoms with Crippen molar-refractivity contribution >= 4 is 5.97 Å². The molecule has 2 unspecified atom stereocenters. The zero-order valence-electron chi connectivity index (χ0n) is 9.65. The zero-order chi connectivity index (χ0) is 11.0. The number of piperidine rings is 3. The molecule has 1 N–H and O–H groups in total. The lowest BCUT2D eigenvalue weighted by molar-refractivity contribution is -0.153. The highest BCUT2D eigenvalue weighted by molar-refractivity contribution is 5.71. The van der Waals surface area contributed by atoms with Gasteiger partial charge in [0, 0.05) is 6.04 Å². The molecule has 0 aromatic rings. The van der Waals surface area contributed by atoms with Crippen LogP contribution in [0.2, 0.25) is 0 Å². The van der Waals surface area contributed by atoms with E-state index in [4.69, 9.17) is 0 Å². The van der Waals surface area contributed by atoms with Crippen LogP contribution in [0.1, 0.15) is 33.1 Å². The second kappa shape index (κ2) is 4.12. The summed E-state index contributed by atoms with van der Waals surface area (Å²) < 4.78 is 0. The SMILES string of the molecule is CC(C)CC1C(C(=O)O)C2CCN1CC2. The van der Waals surface area contributed by atoms with Crippen molar-refractivity contribution in [2.45, 2.75) is 39.2 Å². The largest absolute Gasteiger partial charge is 0.481 e. The second-order valence-corrected chi connectivity index (χ2v) is 5.43. The second-order valence-electron chi connectivity index (χ2n) is 5.43.